The molecule has 2 heterocycles. The minimum absolute atomic E-state index is 0. The van der Waals surface area contributed by atoms with Crippen molar-refractivity contribution < 1.29 is 9.21 Å². The summed E-state index contributed by atoms with van der Waals surface area (Å²) < 4.78 is 5.14. The molecule has 6 nitrogen and oxygen atoms in total. The standard InChI is InChI=1S/C25H26N4O2.HI/c1-26-25(29-14-12-21(13-15-29)20-8-3-2-4-9-20)27-18-19-7-5-10-22(17-19)28-24(30)23-11-6-16-31-23;/h2-12,16-17H,13-15,18H2,1H3,(H,26,27)(H,28,30);1H. The summed E-state index contributed by atoms with van der Waals surface area (Å²) in [7, 11) is 1.80. The first kappa shape index (κ1) is 23.6. The maximum Gasteiger partial charge on any atom is 0.291 e. The lowest BCUT2D eigenvalue weighted by Gasteiger charge is -2.30. The quantitative estimate of drug-likeness (QED) is 0.270. The predicted molar refractivity (Wildman–Crippen MR) is 139 cm³/mol. The number of carbonyl (C=O) groups is 1. The van der Waals surface area contributed by atoms with Gasteiger partial charge in [-0.1, -0.05) is 48.5 Å². The molecule has 0 radical (unpaired) electrons. The van der Waals surface area contributed by atoms with E-state index in [1.807, 2.05) is 30.3 Å². The Morgan fingerprint density at radius 1 is 1.09 bits per heavy atom. The predicted octanol–water partition coefficient (Wildman–Crippen LogP) is 5.01. The molecule has 0 unspecified atom stereocenters. The van der Waals surface area contributed by atoms with Crippen molar-refractivity contribution in [3.05, 3.63) is 96.0 Å². The number of hydrogen-bond donors (Lipinski definition) is 2. The van der Waals surface area contributed by atoms with Gasteiger partial charge < -0.3 is 20.0 Å². The van der Waals surface area contributed by atoms with Gasteiger partial charge in [-0.2, -0.15) is 0 Å². The van der Waals surface area contributed by atoms with Crippen molar-refractivity contribution >= 4 is 47.1 Å². The first-order valence-electron chi connectivity index (χ1n) is 10.4. The van der Waals surface area contributed by atoms with E-state index >= 15 is 0 Å². The number of aliphatic imine (C=N–C) groups is 1. The fourth-order valence-corrected chi connectivity index (χ4v) is 3.65. The number of nitrogens with zero attached hydrogens (tertiary/aromatic N) is 2. The summed E-state index contributed by atoms with van der Waals surface area (Å²) in [4.78, 5) is 18.9. The van der Waals surface area contributed by atoms with E-state index in [0.29, 0.717) is 6.54 Å². The van der Waals surface area contributed by atoms with Crippen molar-refractivity contribution in [2.75, 3.05) is 25.5 Å². The lowest BCUT2D eigenvalue weighted by atomic mass is 10.00. The van der Waals surface area contributed by atoms with Crippen LogP contribution < -0.4 is 10.6 Å². The molecule has 166 valence electrons. The van der Waals surface area contributed by atoms with Gasteiger partial charge in [-0.25, -0.2) is 0 Å². The van der Waals surface area contributed by atoms with Gasteiger partial charge in [0.05, 0.1) is 6.26 Å². The number of rotatable bonds is 5. The zero-order chi connectivity index (χ0) is 21.5. The third-order valence-electron chi connectivity index (χ3n) is 5.25. The summed E-state index contributed by atoms with van der Waals surface area (Å²) in [6, 6.07) is 21.6. The van der Waals surface area contributed by atoms with Crippen LogP contribution in [0.3, 0.4) is 0 Å². The largest absolute Gasteiger partial charge is 0.459 e. The molecule has 3 aromatic rings. The number of anilines is 1. The highest BCUT2D eigenvalue weighted by Crippen LogP contribution is 2.22. The zero-order valence-electron chi connectivity index (χ0n) is 18.0. The Kier molecular flexibility index (Phi) is 8.49. The molecule has 1 aliphatic rings. The average molecular weight is 542 g/mol. The Morgan fingerprint density at radius 3 is 2.62 bits per heavy atom. The van der Waals surface area contributed by atoms with Crippen LogP contribution in [0.1, 0.15) is 28.1 Å². The number of halogens is 1. The topological polar surface area (TPSA) is 69.9 Å². The number of carbonyl (C=O) groups excluding carboxylic acids is 1. The Bertz CT molecular complexity index is 1080. The highest BCUT2D eigenvalue weighted by molar-refractivity contribution is 14.0. The molecule has 2 N–H and O–H groups in total. The van der Waals surface area contributed by atoms with Gasteiger partial charge in [0.1, 0.15) is 0 Å². The van der Waals surface area contributed by atoms with Crippen molar-refractivity contribution in [2.45, 2.75) is 13.0 Å². The third-order valence-corrected chi connectivity index (χ3v) is 5.25. The third kappa shape index (κ3) is 6.00. The molecule has 0 saturated heterocycles. The molecule has 1 aromatic heterocycles. The molecular formula is C25H27IN4O2. The van der Waals surface area contributed by atoms with Crippen LogP contribution in [-0.4, -0.2) is 36.9 Å². The van der Waals surface area contributed by atoms with Gasteiger partial charge >= 0.3 is 0 Å². The summed E-state index contributed by atoms with van der Waals surface area (Å²) in [6.07, 6.45) is 4.74. The van der Waals surface area contributed by atoms with E-state index in [9.17, 15) is 4.79 Å². The lowest BCUT2D eigenvalue weighted by molar-refractivity contribution is 0.0996. The van der Waals surface area contributed by atoms with Crippen molar-refractivity contribution in [3.63, 3.8) is 0 Å². The van der Waals surface area contributed by atoms with E-state index in [1.54, 1.807) is 19.2 Å². The molecule has 0 bridgehead atoms. The Labute approximate surface area is 205 Å². The second-order valence-electron chi connectivity index (χ2n) is 7.32. The number of guanidine groups is 1. The fraction of sp³-hybridized carbons (Fsp3) is 0.200. The average Bonchev–Trinajstić information content (AvgIpc) is 3.36. The van der Waals surface area contributed by atoms with E-state index in [4.69, 9.17) is 4.42 Å². The maximum atomic E-state index is 12.2. The van der Waals surface area contributed by atoms with Crippen LogP contribution in [0.15, 0.2) is 88.5 Å². The fourth-order valence-electron chi connectivity index (χ4n) is 3.65. The summed E-state index contributed by atoms with van der Waals surface area (Å²) >= 11 is 0. The van der Waals surface area contributed by atoms with Gasteiger partial charge in [-0.15, -0.1) is 24.0 Å². The first-order valence-corrected chi connectivity index (χ1v) is 10.4. The minimum Gasteiger partial charge on any atom is -0.459 e. The molecule has 1 amide bonds. The number of benzene rings is 2. The van der Waals surface area contributed by atoms with E-state index in [2.05, 4.69) is 50.9 Å². The van der Waals surface area contributed by atoms with Crippen LogP contribution in [-0.2, 0) is 6.54 Å². The number of amides is 1. The second-order valence-corrected chi connectivity index (χ2v) is 7.32. The number of hydrogen-bond acceptors (Lipinski definition) is 3. The van der Waals surface area contributed by atoms with Gasteiger partial charge in [0.2, 0.25) is 0 Å². The van der Waals surface area contributed by atoms with E-state index in [1.165, 1.54) is 17.4 Å². The first-order chi connectivity index (χ1) is 15.2. The zero-order valence-corrected chi connectivity index (χ0v) is 20.3. The molecule has 0 saturated carbocycles. The Morgan fingerprint density at radius 2 is 1.94 bits per heavy atom. The molecule has 0 fully saturated rings. The normalized spacial score (nSPS) is 13.7. The second kappa shape index (κ2) is 11.5. The number of furan rings is 1. The van der Waals surface area contributed by atoms with E-state index in [0.717, 1.165) is 36.7 Å². The highest BCUT2D eigenvalue weighted by Gasteiger charge is 2.16. The van der Waals surface area contributed by atoms with Crippen LogP contribution in [0, 0.1) is 0 Å². The van der Waals surface area contributed by atoms with Crippen molar-refractivity contribution in [1.29, 1.82) is 0 Å². The van der Waals surface area contributed by atoms with Crippen LogP contribution in [0.25, 0.3) is 5.57 Å². The van der Waals surface area contributed by atoms with E-state index < -0.39 is 0 Å². The summed E-state index contributed by atoms with van der Waals surface area (Å²) in [5, 5.41) is 6.29. The van der Waals surface area contributed by atoms with Crippen LogP contribution in [0.2, 0.25) is 0 Å². The van der Waals surface area contributed by atoms with Crippen molar-refractivity contribution in [3.8, 4) is 0 Å². The van der Waals surface area contributed by atoms with Crippen LogP contribution in [0.5, 0.6) is 0 Å². The van der Waals surface area contributed by atoms with Gasteiger partial charge in [0.15, 0.2) is 11.7 Å². The van der Waals surface area contributed by atoms with Crippen LogP contribution >= 0.6 is 24.0 Å². The van der Waals surface area contributed by atoms with Gasteiger partial charge in [-0.05, 0) is 47.4 Å². The number of nitrogens with one attached hydrogen (secondary N) is 2. The highest BCUT2D eigenvalue weighted by atomic mass is 127. The SMILES string of the molecule is CN=C(NCc1cccc(NC(=O)c2ccco2)c1)N1CC=C(c2ccccc2)CC1.I. The van der Waals surface area contributed by atoms with Gasteiger partial charge in [0, 0.05) is 32.4 Å². The molecule has 32 heavy (non-hydrogen) atoms. The molecule has 4 rings (SSSR count). The molecular weight excluding hydrogens is 515 g/mol. The summed E-state index contributed by atoms with van der Waals surface area (Å²) in [5.41, 5.74) is 4.45. The maximum absolute atomic E-state index is 12.2. The van der Waals surface area contributed by atoms with Gasteiger partial charge in [0.25, 0.3) is 5.91 Å². The molecule has 0 atom stereocenters. The Balaban J connectivity index is 0.00000289. The molecule has 2 aromatic carbocycles. The monoisotopic (exact) mass is 542 g/mol. The molecule has 7 heteroatoms. The van der Waals surface area contributed by atoms with Crippen molar-refractivity contribution in [2.24, 2.45) is 4.99 Å². The lowest BCUT2D eigenvalue weighted by Crippen LogP contribution is -2.43. The minimum atomic E-state index is -0.264. The molecule has 0 aliphatic carbocycles. The molecule has 0 spiro atoms. The smallest absolute Gasteiger partial charge is 0.291 e. The summed E-state index contributed by atoms with van der Waals surface area (Å²) in [5.74, 6) is 0.894. The van der Waals surface area contributed by atoms with Gasteiger partial charge in [-0.3, -0.25) is 9.79 Å². The van der Waals surface area contributed by atoms with Crippen LogP contribution in [0.4, 0.5) is 5.69 Å². The van der Waals surface area contributed by atoms with E-state index in [-0.39, 0.29) is 35.6 Å². The molecule has 1 aliphatic heterocycles. The Hall–Kier alpha value is -3.07. The summed E-state index contributed by atoms with van der Waals surface area (Å²) in [6.45, 7) is 2.35. The van der Waals surface area contributed by atoms with Crippen molar-refractivity contribution in [1.82, 2.24) is 10.2 Å².